The van der Waals surface area contributed by atoms with Crippen molar-refractivity contribution in [3.05, 3.63) is 59.9 Å². The summed E-state index contributed by atoms with van der Waals surface area (Å²) in [6.45, 7) is 0.231. The van der Waals surface area contributed by atoms with Crippen LogP contribution in [0, 0.1) is 0 Å². The Balaban J connectivity index is 2.12. The minimum Gasteiger partial charge on any atom is -0.487 e. The Morgan fingerprint density at radius 2 is 1.94 bits per heavy atom. The molecule has 0 saturated carbocycles. The summed E-state index contributed by atoms with van der Waals surface area (Å²) in [7, 11) is 1.34. The van der Waals surface area contributed by atoms with Crippen LogP contribution in [-0.2, 0) is 11.3 Å². The number of nitrogens with zero attached hydrogens (tertiary/aromatic N) is 1. The summed E-state index contributed by atoms with van der Waals surface area (Å²) < 4.78 is 10.3. The van der Waals surface area contributed by atoms with Crippen LogP contribution < -0.4 is 4.74 Å². The second kappa shape index (κ2) is 5.82. The van der Waals surface area contributed by atoms with Gasteiger partial charge in [-0.1, -0.05) is 18.2 Å². The van der Waals surface area contributed by atoms with E-state index in [9.17, 15) is 4.79 Å². The second-order valence-electron chi connectivity index (χ2n) is 3.59. The van der Waals surface area contributed by atoms with Gasteiger partial charge in [0.2, 0.25) is 0 Å². The topological polar surface area (TPSA) is 48.4 Å². The van der Waals surface area contributed by atoms with Crippen molar-refractivity contribution in [1.82, 2.24) is 4.98 Å². The Bertz CT molecular complexity index is 526. The Morgan fingerprint density at radius 1 is 1.17 bits per heavy atom. The van der Waals surface area contributed by atoms with Crippen molar-refractivity contribution in [1.29, 1.82) is 0 Å². The highest BCUT2D eigenvalue weighted by Crippen LogP contribution is 2.13. The third-order valence-electron chi connectivity index (χ3n) is 2.41. The van der Waals surface area contributed by atoms with Crippen LogP contribution in [0.3, 0.4) is 0 Å². The van der Waals surface area contributed by atoms with E-state index in [4.69, 9.17) is 9.47 Å². The van der Waals surface area contributed by atoms with Crippen LogP contribution >= 0.6 is 0 Å². The lowest BCUT2D eigenvalue weighted by molar-refractivity contribution is 0.0597. The van der Waals surface area contributed by atoms with Gasteiger partial charge in [-0.2, -0.15) is 0 Å². The van der Waals surface area contributed by atoms with Crippen LogP contribution in [0.2, 0.25) is 0 Å². The molecule has 4 nitrogen and oxygen atoms in total. The number of benzene rings is 1. The fourth-order valence-electron chi connectivity index (χ4n) is 1.52. The molecule has 0 N–H and O–H groups in total. The van der Waals surface area contributed by atoms with E-state index < -0.39 is 5.97 Å². The maximum Gasteiger partial charge on any atom is 0.339 e. The van der Waals surface area contributed by atoms with Gasteiger partial charge in [0.25, 0.3) is 0 Å². The lowest BCUT2D eigenvalue weighted by Crippen LogP contribution is -2.09. The van der Waals surface area contributed by atoms with Crippen LogP contribution in [-0.4, -0.2) is 18.1 Å². The Kier molecular flexibility index (Phi) is 3.91. The van der Waals surface area contributed by atoms with Gasteiger partial charge in [0.1, 0.15) is 12.4 Å². The number of para-hydroxylation sites is 1. The molecule has 4 heteroatoms. The molecule has 0 saturated heterocycles. The predicted molar refractivity (Wildman–Crippen MR) is 66.4 cm³/mol. The summed E-state index contributed by atoms with van der Waals surface area (Å²) in [4.78, 5) is 15.7. The van der Waals surface area contributed by atoms with Crippen LogP contribution in [0.15, 0.2) is 48.7 Å². The monoisotopic (exact) mass is 243 g/mol. The van der Waals surface area contributed by atoms with Gasteiger partial charge in [-0.3, -0.25) is 4.98 Å². The smallest absolute Gasteiger partial charge is 0.339 e. The molecule has 0 amide bonds. The number of carbonyl (C=O) groups is 1. The summed E-state index contributed by atoms with van der Waals surface area (Å²) in [5.41, 5.74) is 0.990. The fourth-order valence-corrected chi connectivity index (χ4v) is 1.52. The summed E-state index contributed by atoms with van der Waals surface area (Å²) in [5.74, 6) is 0.328. The van der Waals surface area contributed by atoms with Crippen molar-refractivity contribution in [2.24, 2.45) is 0 Å². The number of carbonyl (C=O) groups excluding carboxylic acids is 1. The number of aromatic nitrogens is 1. The molecule has 2 aromatic rings. The van der Waals surface area contributed by atoms with Gasteiger partial charge < -0.3 is 9.47 Å². The van der Waals surface area contributed by atoms with Crippen LogP contribution in [0.25, 0.3) is 0 Å². The molecule has 92 valence electrons. The SMILES string of the molecule is COC(=O)c1cccnc1COc1ccccc1. The molecular formula is C14H13NO3. The first-order valence-corrected chi connectivity index (χ1v) is 5.51. The number of hydrogen-bond acceptors (Lipinski definition) is 4. The minimum atomic E-state index is -0.408. The van der Waals surface area contributed by atoms with E-state index in [2.05, 4.69) is 4.98 Å². The first-order chi connectivity index (χ1) is 8.81. The van der Waals surface area contributed by atoms with Crippen LogP contribution in [0.5, 0.6) is 5.75 Å². The number of ether oxygens (including phenoxy) is 2. The molecule has 0 aliphatic carbocycles. The number of esters is 1. The van der Waals surface area contributed by atoms with E-state index in [-0.39, 0.29) is 6.61 Å². The molecule has 0 fully saturated rings. The van der Waals surface area contributed by atoms with Crippen molar-refractivity contribution in [2.45, 2.75) is 6.61 Å². The Hall–Kier alpha value is -2.36. The van der Waals surface area contributed by atoms with Crippen molar-refractivity contribution in [3.8, 4) is 5.75 Å². The van der Waals surface area contributed by atoms with Gasteiger partial charge in [-0.05, 0) is 24.3 Å². The molecule has 1 aromatic carbocycles. The minimum absolute atomic E-state index is 0.231. The third-order valence-corrected chi connectivity index (χ3v) is 2.41. The highest BCUT2D eigenvalue weighted by molar-refractivity contribution is 5.90. The van der Waals surface area contributed by atoms with E-state index in [0.29, 0.717) is 11.3 Å². The number of rotatable bonds is 4. The Labute approximate surface area is 105 Å². The highest BCUT2D eigenvalue weighted by Gasteiger charge is 2.12. The van der Waals surface area contributed by atoms with Crippen LogP contribution in [0.4, 0.5) is 0 Å². The Morgan fingerprint density at radius 3 is 2.67 bits per heavy atom. The summed E-state index contributed by atoms with van der Waals surface area (Å²) in [6, 6.07) is 12.7. The average Bonchev–Trinajstić information content (AvgIpc) is 2.45. The van der Waals surface area contributed by atoms with Gasteiger partial charge in [0, 0.05) is 6.20 Å². The first kappa shape index (κ1) is 12.1. The quantitative estimate of drug-likeness (QED) is 0.774. The second-order valence-corrected chi connectivity index (χ2v) is 3.59. The van der Waals surface area contributed by atoms with E-state index >= 15 is 0 Å². The molecule has 0 aliphatic heterocycles. The third kappa shape index (κ3) is 2.85. The van der Waals surface area contributed by atoms with E-state index in [1.54, 1.807) is 18.3 Å². The molecule has 0 radical (unpaired) electrons. The standard InChI is InChI=1S/C14H13NO3/c1-17-14(16)12-8-5-9-15-13(12)10-18-11-6-3-2-4-7-11/h2-9H,10H2,1H3. The summed E-state index contributed by atoms with van der Waals surface area (Å²) in [6.07, 6.45) is 1.62. The zero-order chi connectivity index (χ0) is 12.8. The van der Waals surface area contributed by atoms with Crippen molar-refractivity contribution < 1.29 is 14.3 Å². The van der Waals surface area contributed by atoms with Crippen LogP contribution in [0.1, 0.15) is 16.1 Å². The number of pyridine rings is 1. The zero-order valence-corrected chi connectivity index (χ0v) is 10.00. The average molecular weight is 243 g/mol. The summed E-state index contributed by atoms with van der Waals surface area (Å²) >= 11 is 0. The van der Waals surface area contributed by atoms with Crippen molar-refractivity contribution >= 4 is 5.97 Å². The molecule has 18 heavy (non-hydrogen) atoms. The predicted octanol–water partition coefficient (Wildman–Crippen LogP) is 2.45. The molecule has 0 atom stereocenters. The normalized spacial score (nSPS) is 9.83. The molecule has 0 aliphatic rings. The molecule has 2 rings (SSSR count). The first-order valence-electron chi connectivity index (χ1n) is 5.51. The molecular weight excluding hydrogens is 230 g/mol. The van der Waals surface area contributed by atoms with Crippen molar-refractivity contribution in [2.75, 3.05) is 7.11 Å². The zero-order valence-electron chi connectivity index (χ0n) is 10.00. The maximum atomic E-state index is 11.5. The van der Waals surface area contributed by atoms with Gasteiger partial charge in [-0.15, -0.1) is 0 Å². The lowest BCUT2D eigenvalue weighted by atomic mass is 10.2. The molecule has 0 unspecified atom stereocenters. The lowest BCUT2D eigenvalue weighted by Gasteiger charge is -2.08. The van der Waals surface area contributed by atoms with Gasteiger partial charge in [0.15, 0.2) is 0 Å². The highest BCUT2D eigenvalue weighted by atomic mass is 16.5. The summed E-state index contributed by atoms with van der Waals surface area (Å²) in [5, 5.41) is 0. The fraction of sp³-hybridized carbons (Fsp3) is 0.143. The van der Waals surface area contributed by atoms with Gasteiger partial charge in [0.05, 0.1) is 18.4 Å². The van der Waals surface area contributed by atoms with Gasteiger partial charge in [-0.25, -0.2) is 4.79 Å². The molecule has 1 heterocycles. The number of hydrogen-bond donors (Lipinski definition) is 0. The van der Waals surface area contributed by atoms with E-state index in [0.717, 1.165) is 5.75 Å². The van der Waals surface area contributed by atoms with E-state index in [1.807, 2.05) is 30.3 Å². The van der Waals surface area contributed by atoms with Crippen molar-refractivity contribution in [3.63, 3.8) is 0 Å². The maximum absolute atomic E-state index is 11.5. The van der Waals surface area contributed by atoms with E-state index in [1.165, 1.54) is 7.11 Å². The molecule has 1 aromatic heterocycles. The number of methoxy groups -OCH3 is 1. The van der Waals surface area contributed by atoms with Gasteiger partial charge >= 0.3 is 5.97 Å². The molecule has 0 spiro atoms. The largest absolute Gasteiger partial charge is 0.487 e. The molecule has 0 bridgehead atoms.